The SMILES string of the molecule is COCCOCCOCCOCCC(=O)NCCCC[C@H](NC(=O)O)C(=O)NCCCCCCN1N=C(c2ccc(NC(=O)N3Cc4ccncc4C3)cc2)CC(c2cccc3ncccc23)C1=O. The first kappa shape index (κ1) is 51.8. The van der Waals surface area contributed by atoms with E-state index >= 15 is 0 Å². The Bertz CT molecular complexity index is 2300. The summed E-state index contributed by atoms with van der Waals surface area (Å²) >= 11 is 0. The molecule has 2 aromatic heterocycles. The van der Waals surface area contributed by atoms with Gasteiger partial charge in [0.1, 0.15) is 6.04 Å². The van der Waals surface area contributed by atoms with Gasteiger partial charge in [0.05, 0.1) is 63.4 Å². The van der Waals surface area contributed by atoms with Crippen molar-refractivity contribution in [1.29, 1.82) is 0 Å². The fourth-order valence-electron chi connectivity index (χ4n) is 8.15. The molecule has 6 rings (SSSR count). The summed E-state index contributed by atoms with van der Waals surface area (Å²) in [5.41, 5.74) is 6.08. The average molecular weight is 952 g/mol. The Labute approximate surface area is 402 Å². The minimum atomic E-state index is -1.29. The third-order valence-electron chi connectivity index (χ3n) is 11.8. The maximum absolute atomic E-state index is 14.2. The number of anilines is 1. The van der Waals surface area contributed by atoms with Crippen molar-refractivity contribution in [3.05, 3.63) is 102 Å². The molecule has 0 saturated heterocycles. The third kappa shape index (κ3) is 16.6. The van der Waals surface area contributed by atoms with Gasteiger partial charge in [-0.2, -0.15) is 5.10 Å². The van der Waals surface area contributed by atoms with Gasteiger partial charge in [-0.05, 0) is 84.7 Å². The molecule has 2 aromatic carbocycles. The molecule has 370 valence electrons. The van der Waals surface area contributed by atoms with E-state index in [1.807, 2.05) is 60.7 Å². The molecule has 19 heteroatoms. The van der Waals surface area contributed by atoms with E-state index in [9.17, 15) is 29.1 Å². The Kier molecular flexibility index (Phi) is 21.1. The smallest absolute Gasteiger partial charge is 0.405 e. The van der Waals surface area contributed by atoms with Gasteiger partial charge in [0.2, 0.25) is 11.8 Å². The zero-order valence-electron chi connectivity index (χ0n) is 39.4. The van der Waals surface area contributed by atoms with E-state index in [0.717, 1.165) is 51.7 Å². The summed E-state index contributed by atoms with van der Waals surface area (Å²) < 4.78 is 21.1. The number of amides is 6. The minimum Gasteiger partial charge on any atom is -0.465 e. The maximum Gasteiger partial charge on any atom is 0.405 e. The maximum atomic E-state index is 14.2. The number of methoxy groups -OCH3 is 1. The van der Waals surface area contributed by atoms with Crippen LogP contribution in [0.15, 0.2) is 84.4 Å². The number of carbonyl (C=O) groups is 5. The van der Waals surface area contributed by atoms with Crippen LogP contribution in [-0.2, 0) is 46.4 Å². The van der Waals surface area contributed by atoms with E-state index in [-0.39, 0.29) is 37.3 Å². The Balaban J connectivity index is 0.913. The summed E-state index contributed by atoms with van der Waals surface area (Å²) in [6, 6.07) is 18.0. The largest absolute Gasteiger partial charge is 0.465 e. The van der Waals surface area contributed by atoms with Crippen LogP contribution in [0.3, 0.4) is 0 Å². The number of carbonyl (C=O) groups excluding carboxylic acids is 4. The van der Waals surface area contributed by atoms with Crippen LogP contribution in [0, 0.1) is 0 Å². The molecular formula is C50H65N9O10. The molecule has 4 aromatic rings. The number of ether oxygens (including phenoxy) is 4. The van der Waals surface area contributed by atoms with Gasteiger partial charge in [-0.3, -0.25) is 24.4 Å². The number of benzene rings is 2. The Hall–Kier alpha value is -6.54. The second-order valence-electron chi connectivity index (χ2n) is 16.8. The van der Waals surface area contributed by atoms with Gasteiger partial charge >= 0.3 is 12.1 Å². The number of carboxylic acid groups (broad SMARTS) is 1. The lowest BCUT2D eigenvalue weighted by atomic mass is 9.86. The van der Waals surface area contributed by atoms with E-state index in [1.54, 1.807) is 35.6 Å². The Morgan fingerprint density at radius 3 is 2.28 bits per heavy atom. The van der Waals surface area contributed by atoms with Crippen molar-refractivity contribution in [3.63, 3.8) is 0 Å². The monoisotopic (exact) mass is 951 g/mol. The highest BCUT2D eigenvalue weighted by Gasteiger charge is 2.34. The number of aromatic nitrogens is 2. The van der Waals surface area contributed by atoms with Crippen molar-refractivity contribution in [1.82, 2.24) is 35.8 Å². The molecule has 0 radical (unpaired) electrons. The number of nitrogens with zero attached hydrogens (tertiary/aromatic N) is 5. The molecule has 0 saturated carbocycles. The van der Waals surface area contributed by atoms with E-state index in [2.05, 4.69) is 31.2 Å². The standard InChI is InChI=1S/C50H65N9O10/c1-66-26-27-68-30-31-69-29-28-67-25-19-46(60)53-20-6-4-12-44(56-50(64)65)47(61)54-21-5-2-3-7-24-59-48(62)42(40-10-8-13-43-41(40)11-9-22-52-43)32-45(57-59)36-14-16-39(17-15-36)55-49(63)58-34-37-18-23-51-33-38(37)35-58/h8-11,13-18,22-23,33,42,44,56H,2-7,12,19-21,24-32,34-35H2,1H3,(H,53,60)(H,54,61)(H,55,63)(H,64,65)/t42?,44-/m0/s1. The summed E-state index contributed by atoms with van der Waals surface area (Å²) in [7, 11) is 1.61. The minimum absolute atomic E-state index is 0.0910. The van der Waals surface area contributed by atoms with Crippen molar-refractivity contribution in [2.24, 2.45) is 5.10 Å². The fraction of sp³-hybridized carbons (Fsp3) is 0.480. The summed E-state index contributed by atoms with van der Waals surface area (Å²) in [5, 5.41) is 27.7. The molecule has 2 atom stereocenters. The number of unbranched alkanes of at least 4 members (excludes halogenated alkanes) is 4. The average Bonchev–Trinajstić information content (AvgIpc) is 3.80. The highest BCUT2D eigenvalue weighted by atomic mass is 16.6. The zero-order valence-corrected chi connectivity index (χ0v) is 39.4. The Morgan fingerprint density at radius 1 is 0.783 bits per heavy atom. The van der Waals surface area contributed by atoms with Crippen LogP contribution in [0.5, 0.6) is 0 Å². The second kappa shape index (κ2) is 28.1. The molecule has 0 bridgehead atoms. The van der Waals surface area contributed by atoms with Crippen LogP contribution >= 0.6 is 0 Å². The number of urea groups is 1. The van der Waals surface area contributed by atoms with Gasteiger partial charge in [-0.1, -0.05) is 43.2 Å². The third-order valence-corrected chi connectivity index (χ3v) is 11.8. The van der Waals surface area contributed by atoms with E-state index < -0.39 is 24.0 Å². The summed E-state index contributed by atoms with van der Waals surface area (Å²) in [6.45, 7) is 5.19. The van der Waals surface area contributed by atoms with Crippen LogP contribution in [0.4, 0.5) is 15.3 Å². The molecule has 0 aliphatic carbocycles. The molecule has 2 aliphatic rings. The number of hydrazone groups is 1. The number of hydrogen-bond donors (Lipinski definition) is 5. The van der Waals surface area contributed by atoms with E-state index in [0.29, 0.717) is 110 Å². The highest BCUT2D eigenvalue weighted by Crippen LogP contribution is 2.34. The summed E-state index contributed by atoms with van der Waals surface area (Å²) in [5.74, 6) is -1.13. The van der Waals surface area contributed by atoms with Crippen LogP contribution in [-0.4, -0.2) is 140 Å². The van der Waals surface area contributed by atoms with Crippen molar-refractivity contribution < 1.29 is 48.0 Å². The summed E-state index contributed by atoms with van der Waals surface area (Å²) in [6.07, 6.45) is 8.84. The normalized spacial score (nSPS) is 14.8. The van der Waals surface area contributed by atoms with Crippen LogP contribution in [0.1, 0.15) is 86.0 Å². The van der Waals surface area contributed by atoms with Crippen molar-refractivity contribution in [2.75, 3.05) is 78.3 Å². The van der Waals surface area contributed by atoms with Crippen LogP contribution in [0.2, 0.25) is 0 Å². The molecule has 69 heavy (non-hydrogen) atoms. The predicted octanol–water partition coefficient (Wildman–Crippen LogP) is 5.58. The quantitative estimate of drug-likeness (QED) is 0.0420. The number of rotatable bonds is 29. The first-order valence-corrected chi connectivity index (χ1v) is 23.8. The van der Waals surface area contributed by atoms with Crippen molar-refractivity contribution >= 4 is 52.1 Å². The van der Waals surface area contributed by atoms with Gasteiger partial charge in [0.15, 0.2) is 0 Å². The van der Waals surface area contributed by atoms with Gasteiger partial charge < -0.3 is 50.2 Å². The highest BCUT2D eigenvalue weighted by molar-refractivity contribution is 6.07. The van der Waals surface area contributed by atoms with Gasteiger partial charge in [0.25, 0.3) is 5.91 Å². The van der Waals surface area contributed by atoms with E-state index in [1.165, 1.54) is 0 Å². The number of hydrogen-bond acceptors (Lipinski definition) is 12. The summed E-state index contributed by atoms with van der Waals surface area (Å²) in [4.78, 5) is 74.4. The predicted molar refractivity (Wildman–Crippen MR) is 259 cm³/mol. The van der Waals surface area contributed by atoms with E-state index in [4.69, 9.17) is 24.0 Å². The lowest BCUT2D eigenvalue weighted by Crippen LogP contribution is -2.46. The van der Waals surface area contributed by atoms with Gasteiger partial charge in [-0.15, -0.1) is 0 Å². The molecule has 5 N–H and O–H groups in total. The topological polar surface area (TPSA) is 235 Å². The van der Waals surface area contributed by atoms with Gasteiger partial charge in [0, 0.05) is 82.3 Å². The molecular weight excluding hydrogens is 887 g/mol. The van der Waals surface area contributed by atoms with Crippen molar-refractivity contribution in [3.8, 4) is 0 Å². The number of pyridine rings is 2. The molecule has 6 amide bonds. The van der Waals surface area contributed by atoms with Crippen LogP contribution < -0.4 is 21.3 Å². The number of fused-ring (bicyclic) bond motifs is 2. The first-order valence-electron chi connectivity index (χ1n) is 23.8. The fourth-order valence-corrected chi connectivity index (χ4v) is 8.15. The first-order chi connectivity index (χ1) is 33.7. The molecule has 19 nitrogen and oxygen atoms in total. The number of nitrogens with one attached hydrogen (secondary N) is 4. The molecule has 4 heterocycles. The molecule has 2 aliphatic heterocycles. The van der Waals surface area contributed by atoms with Crippen LogP contribution in [0.25, 0.3) is 10.9 Å². The van der Waals surface area contributed by atoms with Gasteiger partial charge in [-0.25, -0.2) is 14.6 Å². The molecule has 0 spiro atoms. The van der Waals surface area contributed by atoms with Crippen molar-refractivity contribution in [2.45, 2.75) is 82.8 Å². The molecule has 0 fully saturated rings. The Morgan fingerprint density at radius 2 is 1.51 bits per heavy atom. The lowest BCUT2D eigenvalue weighted by Gasteiger charge is -2.30. The molecule has 1 unspecified atom stereocenters. The zero-order chi connectivity index (χ0) is 48.6. The lowest BCUT2D eigenvalue weighted by molar-refractivity contribution is -0.133. The second-order valence-corrected chi connectivity index (χ2v) is 16.8.